The number of nitrogens with one attached hydrogen (secondary N) is 1. The van der Waals surface area contributed by atoms with E-state index in [1.165, 1.54) is 12.8 Å². The predicted molar refractivity (Wildman–Crippen MR) is 76.8 cm³/mol. The van der Waals surface area contributed by atoms with Crippen molar-refractivity contribution in [1.29, 1.82) is 0 Å². The first-order valence-corrected chi connectivity index (χ1v) is 7.10. The van der Waals surface area contributed by atoms with Crippen molar-refractivity contribution in [2.75, 3.05) is 6.54 Å². The third-order valence-electron chi connectivity index (χ3n) is 3.96. The molecule has 1 saturated heterocycles. The number of aromatic nitrogens is 2. The molecular weight excluding hydrogens is 252 g/mol. The fourth-order valence-electron chi connectivity index (χ4n) is 2.59. The van der Waals surface area contributed by atoms with Gasteiger partial charge >= 0.3 is 0 Å². The van der Waals surface area contributed by atoms with Crippen LogP contribution in [0.25, 0.3) is 11.4 Å². The van der Waals surface area contributed by atoms with Crippen LogP contribution in [0.15, 0.2) is 28.8 Å². The molecule has 0 radical (unpaired) electrons. The second-order valence-electron chi connectivity index (χ2n) is 5.54. The average molecular weight is 272 g/mol. The van der Waals surface area contributed by atoms with E-state index in [0.717, 1.165) is 24.1 Å². The summed E-state index contributed by atoms with van der Waals surface area (Å²) >= 11 is 0. The summed E-state index contributed by atoms with van der Waals surface area (Å²) in [6.45, 7) is 3.67. The molecule has 1 fully saturated rings. The minimum Gasteiger partial charge on any atom is -0.337 e. The summed E-state index contributed by atoms with van der Waals surface area (Å²) in [7, 11) is 0. The van der Waals surface area contributed by atoms with Crippen LogP contribution in [0.2, 0.25) is 0 Å². The molecule has 5 nitrogen and oxygen atoms in total. The van der Waals surface area contributed by atoms with Crippen molar-refractivity contribution in [3.8, 4) is 11.4 Å². The smallest absolute Gasteiger partial charge is 0.246 e. The molecule has 20 heavy (non-hydrogen) atoms. The fourth-order valence-corrected chi connectivity index (χ4v) is 2.59. The zero-order chi connectivity index (χ0) is 14.0. The maximum Gasteiger partial charge on any atom is 0.246 e. The van der Waals surface area contributed by atoms with Crippen molar-refractivity contribution < 1.29 is 4.52 Å². The number of piperidine rings is 1. The lowest BCUT2D eigenvalue weighted by molar-refractivity contribution is 0.207. The summed E-state index contributed by atoms with van der Waals surface area (Å²) in [5, 5.41) is 7.59. The van der Waals surface area contributed by atoms with Crippen molar-refractivity contribution in [3.63, 3.8) is 0 Å². The lowest BCUT2D eigenvalue weighted by atomic mass is 9.91. The molecule has 1 aliphatic heterocycles. The van der Waals surface area contributed by atoms with Gasteiger partial charge in [0.1, 0.15) is 0 Å². The Kier molecular flexibility index (Phi) is 3.54. The highest BCUT2D eigenvalue weighted by Gasteiger charge is 2.34. The predicted octanol–water partition coefficient (Wildman–Crippen LogP) is 2.18. The van der Waals surface area contributed by atoms with Crippen LogP contribution in [0.4, 0.5) is 0 Å². The molecule has 1 aliphatic rings. The standard InChI is InChI=1S/C15H20N4O/c1-15(8-2-3-9-17-15)14-18-13(19-20-14)12-6-4-11(10-16)5-7-12/h4-7,17H,2-3,8-10,16H2,1H3. The molecule has 0 bridgehead atoms. The van der Waals surface area contributed by atoms with Gasteiger partial charge in [-0.3, -0.25) is 0 Å². The molecule has 1 atom stereocenters. The van der Waals surface area contributed by atoms with E-state index in [0.29, 0.717) is 18.3 Å². The Hall–Kier alpha value is -1.72. The van der Waals surface area contributed by atoms with E-state index in [4.69, 9.17) is 10.3 Å². The molecule has 1 aromatic carbocycles. The Morgan fingerprint density at radius 3 is 2.75 bits per heavy atom. The molecule has 0 saturated carbocycles. The number of rotatable bonds is 3. The van der Waals surface area contributed by atoms with Crippen LogP contribution >= 0.6 is 0 Å². The first-order valence-electron chi connectivity index (χ1n) is 7.10. The van der Waals surface area contributed by atoms with E-state index < -0.39 is 0 Å². The highest BCUT2D eigenvalue weighted by molar-refractivity contribution is 5.54. The van der Waals surface area contributed by atoms with Gasteiger partial charge in [0.2, 0.25) is 11.7 Å². The molecule has 1 unspecified atom stereocenters. The van der Waals surface area contributed by atoms with Gasteiger partial charge in [0.25, 0.3) is 0 Å². The van der Waals surface area contributed by atoms with Gasteiger partial charge in [-0.25, -0.2) is 0 Å². The van der Waals surface area contributed by atoms with Gasteiger partial charge in [0.05, 0.1) is 5.54 Å². The maximum absolute atomic E-state index is 5.60. The molecular formula is C15H20N4O. The molecule has 1 aromatic heterocycles. The van der Waals surface area contributed by atoms with Crippen LogP contribution in [-0.4, -0.2) is 16.7 Å². The first-order chi connectivity index (χ1) is 9.71. The SMILES string of the molecule is CC1(c2nc(-c3ccc(CN)cc3)no2)CCCCN1. The topological polar surface area (TPSA) is 77.0 Å². The highest BCUT2D eigenvalue weighted by Crippen LogP contribution is 2.30. The first kappa shape index (κ1) is 13.3. The second-order valence-corrected chi connectivity index (χ2v) is 5.54. The summed E-state index contributed by atoms with van der Waals surface area (Å²) < 4.78 is 5.47. The Bertz CT molecular complexity index is 570. The quantitative estimate of drug-likeness (QED) is 0.895. The highest BCUT2D eigenvalue weighted by atomic mass is 16.5. The van der Waals surface area contributed by atoms with Crippen LogP contribution in [-0.2, 0) is 12.1 Å². The van der Waals surface area contributed by atoms with Crippen LogP contribution < -0.4 is 11.1 Å². The zero-order valence-corrected chi connectivity index (χ0v) is 11.7. The van der Waals surface area contributed by atoms with Gasteiger partial charge < -0.3 is 15.6 Å². The van der Waals surface area contributed by atoms with Crippen molar-refractivity contribution in [2.24, 2.45) is 5.73 Å². The van der Waals surface area contributed by atoms with E-state index >= 15 is 0 Å². The number of nitrogens with two attached hydrogens (primary N) is 1. The molecule has 3 N–H and O–H groups in total. The molecule has 0 spiro atoms. The molecule has 2 aromatic rings. The number of hydrogen-bond donors (Lipinski definition) is 2. The molecule has 2 heterocycles. The third kappa shape index (κ3) is 2.46. The lowest BCUT2D eigenvalue weighted by Gasteiger charge is -2.31. The molecule has 3 rings (SSSR count). The summed E-state index contributed by atoms with van der Waals surface area (Å²) in [6, 6.07) is 7.94. The normalized spacial score (nSPS) is 22.9. The van der Waals surface area contributed by atoms with E-state index in [1.54, 1.807) is 0 Å². The summed E-state index contributed by atoms with van der Waals surface area (Å²) in [5.41, 5.74) is 7.46. The van der Waals surface area contributed by atoms with Gasteiger partial charge in [-0.1, -0.05) is 29.4 Å². The monoisotopic (exact) mass is 272 g/mol. The lowest BCUT2D eigenvalue weighted by Crippen LogP contribution is -2.43. The van der Waals surface area contributed by atoms with Gasteiger partial charge in [-0.15, -0.1) is 0 Å². The summed E-state index contributed by atoms with van der Waals surface area (Å²) in [6.07, 6.45) is 3.42. The summed E-state index contributed by atoms with van der Waals surface area (Å²) in [5.74, 6) is 1.31. The van der Waals surface area contributed by atoms with Crippen LogP contribution in [0.5, 0.6) is 0 Å². The van der Waals surface area contributed by atoms with Crippen molar-refractivity contribution in [1.82, 2.24) is 15.5 Å². The largest absolute Gasteiger partial charge is 0.337 e. The van der Waals surface area contributed by atoms with Crippen LogP contribution in [0, 0.1) is 0 Å². The average Bonchev–Trinajstić information content (AvgIpc) is 2.99. The Morgan fingerprint density at radius 2 is 2.10 bits per heavy atom. The minimum absolute atomic E-state index is 0.194. The van der Waals surface area contributed by atoms with Crippen molar-refractivity contribution >= 4 is 0 Å². The van der Waals surface area contributed by atoms with E-state index in [9.17, 15) is 0 Å². The Labute approximate surface area is 118 Å². The Balaban J connectivity index is 1.85. The van der Waals surface area contributed by atoms with Crippen LogP contribution in [0.1, 0.15) is 37.6 Å². The molecule has 0 aliphatic carbocycles. The van der Waals surface area contributed by atoms with Crippen LogP contribution in [0.3, 0.4) is 0 Å². The van der Waals surface area contributed by atoms with E-state index in [-0.39, 0.29) is 5.54 Å². The number of nitrogens with zero attached hydrogens (tertiary/aromatic N) is 2. The van der Waals surface area contributed by atoms with E-state index in [2.05, 4.69) is 22.4 Å². The zero-order valence-electron chi connectivity index (χ0n) is 11.7. The Morgan fingerprint density at radius 1 is 1.30 bits per heavy atom. The molecule has 5 heteroatoms. The number of hydrogen-bond acceptors (Lipinski definition) is 5. The van der Waals surface area contributed by atoms with Crippen molar-refractivity contribution in [3.05, 3.63) is 35.7 Å². The fraction of sp³-hybridized carbons (Fsp3) is 0.467. The van der Waals surface area contributed by atoms with Crippen molar-refractivity contribution in [2.45, 2.75) is 38.3 Å². The minimum atomic E-state index is -0.194. The third-order valence-corrected chi connectivity index (χ3v) is 3.96. The maximum atomic E-state index is 5.60. The van der Waals surface area contributed by atoms with Gasteiger partial charge in [-0.05, 0) is 38.3 Å². The van der Waals surface area contributed by atoms with E-state index in [1.807, 2.05) is 24.3 Å². The van der Waals surface area contributed by atoms with Gasteiger partial charge in [-0.2, -0.15) is 4.98 Å². The van der Waals surface area contributed by atoms with Gasteiger partial charge in [0.15, 0.2) is 0 Å². The molecule has 0 amide bonds. The second kappa shape index (κ2) is 5.34. The molecule has 106 valence electrons. The summed E-state index contributed by atoms with van der Waals surface area (Å²) in [4.78, 5) is 4.56. The van der Waals surface area contributed by atoms with Gasteiger partial charge in [0, 0.05) is 12.1 Å². The number of benzene rings is 1.